The molecule has 2 rings (SSSR count). The molecule has 1 saturated carbocycles. The SMILES string of the molecule is CC1CC(NC2COC2)C1. The molecule has 2 aliphatic rings. The molecule has 0 aromatic rings. The van der Waals surface area contributed by atoms with E-state index in [9.17, 15) is 0 Å². The van der Waals surface area contributed by atoms with Crippen LogP contribution >= 0.6 is 0 Å². The van der Waals surface area contributed by atoms with Crippen molar-refractivity contribution >= 4 is 0 Å². The lowest BCUT2D eigenvalue weighted by Crippen LogP contribution is -2.53. The van der Waals surface area contributed by atoms with Gasteiger partial charge in [-0.25, -0.2) is 0 Å². The van der Waals surface area contributed by atoms with Crippen molar-refractivity contribution < 1.29 is 4.74 Å². The highest BCUT2D eigenvalue weighted by molar-refractivity contribution is 4.87. The van der Waals surface area contributed by atoms with Crippen molar-refractivity contribution in [2.45, 2.75) is 31.8 Å². The highest BCUT2D eigenvalue weighted by atomic mass is 16.5. The van der Waals surface area contributed by atoms with Crippen LogP contribution in [0.5, 0.6) is 0 Å². The van der Waals surface area contributed by atoms with Crippen molar-refractivity contribution in [2.24, 2.45) is 5.92 Å². The van der Waals surface area contributed by atoms with Crippen LogP contribution in [-0.4, -0.2) is 25.3 Å². The normalized spacial score (nSPS) is 40.5. The lowest BCUT2D eigenvalue weighted by Gasteiger charge is -2.39. The first-order valence-electron chi connectivity index (χ1n) is 4.18. The molecule has 2 heteroatoms. The fourth-order valence-corrected chi connectivity index (χ4v) is 1.70. The van der Waals surface area contributed by atoms with E-state index < -0.39 is 0 Å². The van der Waals surface area contributed by atoms with E-state index in [0.717, 1.165) is 25.2 Å². The Kier molecular flexibility index (Phi) is 1.66. The first-order valence-corrected chi connectivity index (χ1v) is 4.18. The second-order valence-electron chi connectivity index (χ2n) is 3.67. The van der Waals surface area contributed by atoms with Crippen molar-refractivity contribution in [3.8, 4) is 0 Å². The topological polar surface area (TPSA) is 21.3 Å². The van der Waals surface area contributed by atoms with Crippen LogP contribution < -0.4 is 5.32 Å². The number of ether oxygens (including phenoxy) is 1. The lowest BCUT2D eigenvalue weighted by molar-refractivity contribution is -0.0176. The molecule has 1 aliphatic carbocycles. The van der Waals surface area contributed by atoms with Gasteiger partial charge in [0.05, 0.1) is 19.3 Å². The van der Waals surface area contributed by atoms with Crippen molar-refractivity contribution in [2.75, 3.05) is 13.2 Å². The third-order valence-corrected chi connectivity index (χ3v) is 2.48. The summed E-state index contributed by atoms with van der Waals surface area (Å²) in [7, 11) is 0. The average Bonchev–Trinajstić information content (AvgIpc) is 1.72. The second-order valence-corrected chi connectivity index (χ2v) is 3.67. The third kappa shape index (κ3) is 1.18. The van der Waals surface area contributed by atoms with Gasteiger partial charge in [-0.05, 0) is 18.8 Å². The van der Waals surface area contributed by atoms with Crippen LogP contribution in [0.2, 0.25) is 0 Å². The molecule has 10 heavy (non-hydrogen) atoms. The van der Waals surface area contributed by atoms with E-state index in [4.69, 9.17) is 4.74 Å². The average molecular weight is 141 g/mol. The summed E-state index contributed by atoms with van der Waals surface area (Å²) in [4.78, 5) is 0. The molecular weight excluding hydrogens is 126 g/mol. The van der Waals surface area contributed by atoms with E-state index in [-0.39, 0.29) is 0 Å². The third-order valence-electron chi connectivity index (χ3n) is 2.48. The molecule has 2 nitrogen and oxygen atoms in total. The number of hydrogen-bond acceptors (Lipinski definition) is 2. The molecule has 0 aromatic heterocycles. The predicted molar refractivity (Wildman–Crippen MR) is 39.9 cm³/mol. The van der Waals surface area contributed by atoms with Crippen LogP contribution in [0.15, 0.2) is 0 Å². The van der Waals surface area contributed by atoms with Crippen LogP contribution in [0.3, 0.4) is 0 Å². The van der Waals surface area contributed by atoms with Crippen LogP contribution in [0.4, 0.5) is 0 Å². The Morgan fingerprint density at radius 2 is 1.90 bits per heavy atom. The van der Waals surface area contributed by atoms with Crippen LogP contribution in [0.25, 0.3) is 0 Å². The molecule has 0 radical (unpaired) electrons. The Balaban J connectivity index is 1.62. The molecular formula is C8H15NO. The maximum atomic E-state index is 5.07. The molecule has 0 amide bonds. The summed E-state index contributed by atoms with van der Waals surface area (Å²) in [6.07, 6.45) is 2.74. The number of nitrogens with one attached hydrogen (secondary N) is 1. The van der Waals surface area contributed by atoms with Gasteiger partial charge in [0, 0.05) is 6.04 Å². The van der Waals surface area contributed by atoms with Gasteiger partial charge < -0.3 is 10.1 Å². The zero-order chi connectivity index (χ0) is 6.97. The van der Waals surface area contributed by atoms with E-state index >= 15 is 0 Å². The van der Waals surface area contributed by atoms with Gasteiger partial charge in [-0.2, -0.15) is 0 Å². The smallest absolute Gasteiger partial charge is 0.0643 e. The zero-order valence-corrected chi connectivity index (χ0v) is 6.47. The summed E-state index contributed by atoms with van der Waals surface area (Å²) >= 11 is 0. The van der Waals surface area contributed by atoms with E-state index in [1.54, 1.807) is 0 Å². The first-order chi connectivity index (χ1) is 4.84. The highest BCUT2D eigenvalue weighted by Crippen LogP contribution is 2.27. The van der Waals surface area contributed by atoms with Gasteiger partial charge in [0.25, 0.3) is 0 Å². The summed E-state index contributed by atoms with van der Waals surface area (Å²) < 4.78 is 5.07. The molecule has 1 heterocycles. The largest absolute Gasteiger partial charge is 0.378 e. The summed E-state index contributed by atoms with van der Waals surface area (Å²) in [5, 5.41) is 3.56. The van der Waals surface area contributed by atoms with Gasteiger partial charge in [0.1, 0.15) is 0 Å². The molecule has 0 aromatic carbocycles. The molecule has 1 aliphatic heterocycles. The molecule has 0 bridgehead atoms. The lowest BCUT2D eigenvalue weighted by atomic mass is 9.81. The summed E-state index contributed by atoms with van der Waals surface area (Å²) in [6, 6.07) is 1.49. The van der Waals surface area contributed by atoms with Gasteiger partial charge in [-0.3, -0.25) is 0 Å². The van der Waals surface area contributed by atoms with Gasteiger partial charge in [-0.15, -0.1) is 0 Å². The molecule has 2 fully saturated rings. The Morgan fingerprint density at radius 3 is 2.30 bits per heavy atom. The van der Waals surface area contributed by atoms with Gasteiger partial charge in [-0.1, -0.05) is 6.92 Å². The minimum Gasteiger partial charge on any atom is -0.378 e. The maximum Gasteiger partial charge on any atom is 0.0643 e. The maximum absolute atomic E-state index is 5.07. The number of rotatable bonds is 2. The Bertz CT molecular complexity index is 116. The van der Waals surface area contributed by atoms with Crippen molar-refractivity contribution in [1.29, 1.82) is 0 Å². The molecule has 1 saturated heterocycles. The van der Waals surface area contributed by atoms with E-state index in [1.165, 1.54) is 12.8 Å². The zero-order valence-electron chi connectivity index (χ0n) is 6.47. The van der Waals surface area contributed by atoms with Crippen LogP contribution in [0, 0.1) is 5.92 Å². The van der Waals surface area contributed by atoms with Crippen LogP contribution in [0.1, 0.15) is 19.8 Å². The molecule has 0 unspecified atom stereocenters. The second kappa shape index (κ2) is 2.51. The first kappa shape index (κ1) is 6.62. The van der Waals surface area contributed by atoms with E-state index in [0.29, 0.717) is 6.04 Å². The molecule has 0 spiro atoms. The van der Waals surface area contributed by atoms with Gasteiger partial charge in [0.2, 0.25) is 0 Å². The molecule has 0 atom stereocenters. The van der Waals surface area contributed by atoms with E-state index in [2.05, 4.69) is 12.2 Å². The summed E-state index contributed by atoms with van der Waals surface area (Å²) in [5.41, 5.74) is 0. The van der Waals surface area contributed by atoms with Gasteiger partial charge >= 0.3 is 0 Å². The fraction of sp³-hybridized carbons (Fsp3) is 1.00. The standard InChI is InChI=1S/C8H15NO/c1-6-2-7(3-6)9-8-4-10-5-8/h6-9H,2-5H2,1H3. The molecule has 58 valence electrons. The predicted octanol–water partition coefficient (Wildman–Crippen LogP) is 0.773. The Hall–Kier alpha value is -0.0800. The Morgan fingerprint density at radius 1 is 1.20 bits per heavy atom. The minimum absolute atomic E-state index is 0.678. The van der Waals surface area contributed by atoms with Crippen molar-refractivity contribution in [3.63, 3.8) is 0 Å². The summed E-state index contributed by atoms with van der Waals surface area (Å²) in [5.74, 6) is 0.957. The highest BCUT2D eigenvalue weighted by Gasteiger charge is 2.29. The van der Waals surface area contributed by atoms with E-state index in [1.807, 2.05) is 0 Å². The van der Waals surface area contributed by atoms with Crippen LogP contribution in [-0.2, 0) is 4.74 Å². The number of hydrogen-bond donors (Lipinski definition) is 1. The quantitative estimate of drug-likeness (QED) is 0.613. The van der Waals surface area contributed by atoms with Gasteiger partial charge in [0.15, 0.2) is 0 Å². The monoisotopic (exact) mass is 141 g/mol. The fourth-order valence-electron chi connectivity index (χ4n) is 1.70. The van der Waals surface area contributed by atoms with Crippen molar-refractivity contribution in [3.05, 3.63) is 0 Å². The minimum atomic E-state index is 0.678. The molecule has 1 N–H and O–H groups in total. The van der Waals surface area contributed by atoms with Crippen molar-refractivity contribution in [1.82, 2.24) is 5.32 Å². The summed E-state index contributed by atoms with van der Waals surface area (Å²) in [6.45, 7) is 4.19. The Labute approximate surface area is 61.9 Å².